The molecule has 0 amide bonds. The predicted octanol–water partition coefficient (Wildman–Crippen LogP) is 2.20. The van der Waals surface area contributed by atoms with Crippen molar-refractivity contribution in [1.82, 2.24) is 25.0 Å². The summed E-state index contributed by atoms with van der Waals surface area (Å²) >= 11 is 0. The first-order valence-corrected chi connectivity index (χ1v) is 7.83. The van der Waals surface area contributed by atoms with Crippen molar-refractivity contribution in [3.05, 3.63) is 33.3 Å². The first kappa shape index (κ1) is 14.1. The van der Waals surface area contributed by atoms with Gasteiger partial charge in [-0.15, -0.1) is 0 Å². The lowest BCUT2D eigenvalue weighted by atomic mass is 9.95. The molecule has 0 radical (unpaired) electrons. The molecule has 1 saturated carbocycles. The molecule has 0 aliphatic heterocycles. The Hall–Kier alpha value is -1.85. The monoisotopic (exact) mass is 289 g/mol. The van der Waals surface area contributed by atoms with Gasteiger partial charge in [-0.05, 0) is 38.7 Å². The van der Waals surface area contributed by atoms with Gasteiger partial charge in [0.2, 0.25) is 0 Å². The Kier molecular flexibility index (Phi) is 3.94. The molecular formula is C15H23N5O. The van der Waals surface area contributed by atoms with Gasteiger partial charge in [0.25, 0.3) is 0 Å². The summed E-state index contributed by atoms with van der Waals surface area (Å²) < 4.78 is 1.89. The van der Waals surface area contributed by atoms with Crippen LogP contribution < -0.4 is 5.69 Å². The van der Waals surface area contributed by atoms with Crippen LogP contribution in [-0.4, -0.2) is 25.0 Å². The minimum atomic E-state index is -0.0578. The molecule has 0 saturated heterocycles. The molecule has 6 heteroatoms. The molecule has 0 bridgehead atoms. The van der Waals surface area contributed by atoms with Crippen molar-refractivity contribution in [2.75, 3.05) is 0 Å². The Morgan fingerprint density at radius 2 is 1.86 bits per heavy atom. The normalized spacial score (nSPS) is 16.5. The molecule has 3 rings (SSSR count). The van der Waals surface area contributed by atoms with E-state index in [9.17, 15) is 4.79 Å². The molecule has 2 aromatic heterocycles. The van der Waals surface area contributed by atoms with Crippen molar-refractivity contribution in [2.45, 2.75) is 64.8 Å². The highest BCUT2D eigenvalue weighted by atomic mass is 16.1. The van der Waals surface area contributed by atoms with E-state index in [1.165, 1.54) is 24.8 Å². The fraction of sp³-hybridized carbons (Fsp3) is 0.667. The van der Waals surface area contributed by atoms with Crippen LogP contribution in [0.2, 0.25) is 0 Å². The summed E-state index contributed by atoms with van der Waals surface area (Å²) in [6.45, 7) is 4.05. The van der Waals surface area contributed by atoms with E-state index < -0.39 is 0 Å². The second-order valence-corrected chi connectivity index (χ2v) is 6.02. The minimum Gasteiger partial charge on any atom is -0.282 e. The molecule has 1 aliphatic carbocycles. The van der Waals surface area contributed by atoms with Crippen LogP contribution in [0.25, 0.3) is 0 Å². The number of nitrogens with one attached hydrogen (secondary N) is 2. The Morgan fingerprint density at radius 1 is 1.10 bits per heavy atom. The number of hydrogen-bond acceptors (Lipinski definition) is 3. The van der Waals surface area contributed by atoms with Crippen LogP contribution in [0.1, 0.15) is 60.9 Å². The highest BCUT2D eigenvalue weighted by molar-refractivity contribution is 5.23. The zero-order valence-corrected chi connectivity index (χ0v) is 12.8. The predicted molar refractivity (Wildman–Crippen MR) is 80.4 cm³/mol. The Balaban J connectivity index is 1.78. The van der Waals surface area contributed by atoms with Gasteiger partial charge in [-0.2, -0.15) is 10.2 Å². The SMILES string of the molecule is Cc1n[nH]c(C)c1CCc1n[nH]c(=O)n1C1CCCCC1. The van der Waals surface area contributed by atoms with Crippen LogP contribution >= 0.6 is 0 Å². The maximum absolute atomic E-state index is 12.1. The molecule has 114 valence electrons. The zero-order valence-electron chi connectivity index (χ0n) is 12.8. The van der Waals surface area contributed by atoms with E-state index in [0.717, 1.165) is 42.9 Å². The van der Waals surface area contributed by atoms with Crippen molar-refractivity contribution in [3.8, 4) is 0 Å². The lowest BCUT2D eigenvalue weighted by Gasteiger charge is -2.23. The van der Waals surface area contributed by atoms with Crippen LogP contribution in [0.5, 0.6) is 0 Å². The molecule has 21 heavy (non-hydrogen) atoms. The van der Waals surface area contributed by atoms with Gasteiger partial charge in [0.1, 0.15) is 5.82 Å². The molecule has 6 nitrogen and oxygen atoms in total. The van der Waals surface area contributed by atoms with E-state index in [1.54, 1.807) is 0 Å². The van der Waals surface area contributed by atoms with Gasteiger partial charge in [0.05, 0.1) is 5.69 Å². The summed E-state index contributed by atoms with van der Waals surface area (Å²) in [4.78, 5) is 12.1. The van der Waals surface area contributed by atoms with Gasteiger partial charge in [0.15, 0.2) is 0 Å². The highest BCUT2D eigenvalue weighted by Gasteiger charge is 2.21. The van der Waals surface area contributed by atoms with Crippen LogP contribution in [0.3, 0.4) is 0 Å². The molecule has 1 fully saturated rings. The number of aromatic amines is 2. The number of aromatic nitrogens is 5. The zero-order chi connectivity index (χ0) is 14.8. The van der Waals surface area contributed by atoms with Crippen molar-refractivity contribution >= 4 is 0 Å². The van der Waals surface area contributed by atoms with E-state index in [4.69, 9.17) is 0 Å². The Bertz CT molecular complexity index is 640. The molecule has 0 aromatic carbocycles. The third-order valence-corrected chi connectivity index (χ3v) is 4.60. The quantitative estimate of drug-likeness (QED) is 0.905. The minimum absolute atomic E-state index is 0.0578. The summed E-state index contributed by atoms with van der Waals surface area (Å²) in [7, 11) is 0. The lowest BCUT2D eigenvalue weighted by Crippen LogP contribution is -2.26. The maximum Gasteiger partial charge on any atom is 0.343 e. The fourth-order valence-electron chi connectivity index (χ4n) is 3.41. The molecule has 0 unspecified atom stereocenters. The average Bonchev–Trinajstić information content (AvgIpc) is 3.01. The lowest BCUT2D eigenvalue weighted by molar-refractivity contribution is 0.339. The number of aryl methyl sites for hydroxylation is 3. The van der Waals surface area contributed by atoms with Gasteiger partial charge in [-0.25, -0.2) is 9.89 Å². The standard InChI is InChI=1S/C15H23N5O/c1-10-13(11(2)17-16-10)8-9-14-18-19-15(21)20(14)12-6-4-3-5-7-12/h12H,3-9H2,1-2H3,(H,16,17)(H,19,21). The molecule has 1 aliphatic rings. The second kappa shape index (κ2) is 5.87. The first-order chi connectivity index (χ1) is 10.2. The van der Waals surface area contributed by atoms with E-state index in [-0.39, 0.29) is 5.69 Å². The topological polar surface area (TPSA) is 79.4 Å². The number of H-pyrrole nitrogens is 2. The van der Waals surface area contributed by atoms with Gasteiger partial charge >= 0.3 is 5.69 Å². The van der Waals surface area contributed by atoms with Crippen molar-refractivity contribution < 1.29 is 0 Å². The average molecular weight is 289 g/mol. The summed E-state index contributed by atoms with van der Waals surface area (Å²) in [5.74, 6) is 0.881. The number of rotatable bonds is 4. The fourth-order valence-corrected chi connectivity index (χ4v) is 3.41. The third-order valence-electron chi connectivity index (χ3n) is 4.60. The van der Waals surface area contributed by atoms with Crippen molar-refractivity contribution in [1.29, 1.82) is 0 Å². The highest BCUT2D eigenvalue weighted by Crippen LogP contribution is 2.27. The third kappa shape index (κ3) is 2.80. The summed E-state index contributed by atoms with van der Waals surface area (Å²) in [6, 6.07) is 0.326. The van der Waals surface area contributed by atoms with Gasteiger partial charge < -0.3 is 0 Å². The second-order valence-electron chi connectivity index (χ2n) is 6.02. The van der Waals surface area contributed by atoms with Crippen LogP contribution in [-0.2, 0) is 12.8 Å². The van der Waals surface area contributed by atoms with E-state index in [2.05, 4.69) is 20.4 Å². The molecule has 0 spiro atoms. The first-order valence-electron chi connectivity index (χ1n) is 7.83. The van der Waals surface area contributed by atoms with Gasteiger partial charge in [-0.3, -0.25) is 9.67 Å². The molecular weight excluding hydrogens is 266 g/mol. The number of hydrogen-bond donors (Lipinski definition) is 2. The maximum atomic E-state index is 12.1. The molecule has 2 N–H and O–H groups in total. The van der Waals surface area contributed by atoms with Crippen LogP contribution in [0, 0.1) is 13.8 Å². The smallest absolute Gasteiger partial charge is 0.282 e. The van der Waals surface area contributed by atoms with Crippen LogP contribution in [0.4, 0.5) is 0 Å². The van der Waals surface area contributed by atoms with E-state index in [1.807, 2.05) is 18.4 Å². The van der Waals surface area contributed by atoms with Crippen LogP contribution in [0.15, 0.2) is 4.79 Å². The summed E-state index contributed by atoms with van der Waals surface area (Å²) in [5, 5.41) is 14.1. The van der Waals surface area contributed by atoms with Crippen molar-refractivity contribution in [3.63, 3.8) is 0 Å². The Morgan fingerprint density at radius 3 is 2.52 bits per heavy atom. The largest absolute Gasteiger partial charge is 0.343 e. The van der Waals surface area contributed by atoms with E-state index >= 15 is 0 Å². The van der Waals surface area contributed by atoms with E-state index in [0.29, 0.717) is 6.04 Å². The number of nitrogens with zero attached hydrogens (tertiary/aromatic N) is 3. The van der Waals surface area contributed by atoms with Gasteiger partial charge in [0, 0.05) is 18.2 Å². The summed E-state index contributed by atoms with van der Waals surface area (Å²) in [6.07, 6.45) is 7.53. The van der Waals surface area contributed by atoms with Crippen molar-refractivity contribution in [2.24, 2.45) is 0 Å². The Labute approximate surface area is 124 Å². The van der Waals surface area contributed by atoms with Gasteiger partial charge in [-0.1, -0.05) is 19.3 Å². The molecule has 2 aromatic rings. The molecule has 0 atom stereocenters. The summed E-state index contributed by atoms with van der Waals surface area (Å²) in [5.41, 5.74) is 3.32. The molecule has 2 heterocycles.